The Bertz CT molecular complexity index is 1130. The first kappa shape index (κ1) is 24.8. The minimum atomic E-state index is -1.13. The van der Waals surface area contributed by atoms with Crippen molar-refractivity contribution in [3.8, 4) is 5.75 Å². The second kappa shape index (κ2) is 11.8. The van der Waals surface area contributed by atoms with Gasteiger partial charge in [0.1, 0.15) is 17.8 Å². The molecule has 3 atom stereocenters. The van der Waals surface area contributed by atoms with E-state index in [9.17, 15) is 19.5 Å². The van der Waals surface area contributed by atoms with Gasteiger partial charge in [-0.3, -0.25) is 9.59 Å². The summed E-state index contributed by atoms with van der Waals surface area (Å²) >= 11 is 0. The fourth-order valence-electron chi connectivity index (χ4n) is 3.63. The summed E-state index contributed by atoms with van der Waals surface area (Å²) in [4.78, 5) is 37.3. The average Bonchev–Trinajstić information content (AvgIpc) is 2.85. The normalized spacial score (nSPS) is 13.5. The van der Waals surface area contributed by atoms with Gasteiger partial charge in [-0.2, -0.15) is 0 Å². The molecule has 0 saturated carbocycles. The van der Waals surface area contributed by atoms with Crippen molar-refractivity contribution in [3.63, 3.8) is 0 Å². The van der Waals surface area contributed by atoms with Crippen molar-refractivity contribution >= 4 is 28.6 Å². The number of rotatable bonds is 11. The maximum absolute atomic E-state index is 13.0. The maximum atomic E-state index is 13.0. The van der Waals surface area contributed by atoms with E-state index in [1.165, 1.54) is 0 Å². The number of ether oxygens (including phenoxy) is 1. The minimum absolute atomic E-state index is 0.147. The number of carboxylic acids is 1. The highest BCUT2D eigenvalue weighted by Gasteiger charge is 2.30. The Balaban J connectivity index is 1.62. The van der Waals surface area contributed by atoms with Crippen LogP contribution in [-0.4, -0.2) is 41.6 Å². The molecule has 178 valence electrons. The first-order valence-electron chi connectivity index (χ1n) is 11.4. The zero-order valence-electron chi connectivity index (χ0n) is 19.4. The van der Waals surface area contributed by atoms with Gasteiger partial charge >= 0.3 is 5.97 Å². The van der Waals surface area contributed by atoms with E-state index >= 15 is 0 Å². The van der Waals surface area contributed by atoms with Crippen LogP contribution in [0.15, 0.2) is 72.8 Å². The quantitative estimate of drug-likeness (QED) is 0.404. The van der Waals surface area contributed by atoms with Gasteiger partial charge in [-0.25, -0.2) is 4.79 Å². The van der Waals surface area contributed by atoms with Crippen LogP contribution in [0.5, 0.6) is 5.75 Å². The summed E-state index contributed by atoms with van der Waals surface area (Å²) in [5.41, 5.74) is 0.795. The molecular weight excluding hydrogens is 432 g/mol. The summed E-state index contributed by atoms with van der Waals surface area (Å²) in [7, 11) is 0. The standard InChI is InChI=1S/C27H30N2O5/c1-3-18(2)25(26(31)28-23(27(32)33)15-19-9-5-4-6-10-19)29-24(30)17-34-22-14-13-20-11-7-8-12-21(20)16-22/h4-14,16,18,23,25H,3,15,17H2,1-2H3,(H,28,31)(H,29,30)(H,32,33)/t18-,23-,25-/m0/s1. The van der Waals surface area contributed by atoms with Crippen molar-refractivity contribution in [2.75, 3.05) is 6.61 Å². The Morgan fingerprint density at radius 2 is 1.59 bits per heavy atom. The zero-order valence-corrected chi connectivity index (χ0v) is 19.4. The van der Waals surface area contributed by atoms with Crippen molar-refractivity contribution in [2.24, 2.45) is 5.92 Å². The van der Waals surface area contributed by atoms with Crippen LogP contribution in [0.25, 0.3) is 10.8 Å². The van der Waals surface area contributed by atoms with Gasteiger partial charge in [-0.15, -0.1) is 0 Å². The summed E-state index contributed by atoms with van der Waals surface area (Å²) in [5.74, 6) is -1.77. The molecule has 7 nitrogen and oxygen atoms in total. The molecule has 0 aromatic heterocycles. The molecule has 3 rings (SSSR count). The lowest BCUT2D eigenvalue weighted by Crippen LogP contribution is -2.55. The van der Waals surface area contributed by atoms with Crippen LogP contribution in [-0.2, 0) is 20.8 Å². The number of carbonyl (C=O) groups is 3. The molecule has 3 aromatic carbocycles. The van der Waals surface area contributed by atoms with Crippen molar-refractivity contribution < 1.29 is 24.2 Å². The number of amides is 2. The number of fused-ring (bicyclic) bond motifs is 1. The number of carboxylic acid groups (broad SMARTS) is 1. The van der Waals surface area contributed by atoms with E-state index in [0.29, 0.717) is 12.2 Å². The molecule has 0 aliphatic carbocycles. The third-order valence-electron chi connectivity index (χ3n) is 5.80. The topological polar surface area (TPSA) is 105 Å². The predicted molar refractivity (Wildman–Crippen MR) is 131 cm³/mol. The van der Waals surface area contributed by atoms with E-state index in [2.05, 4.69) is 10.6 Å². The van der Waals surface area contributed by atoms with E-state index < -0.39 is 29.9 Å². The second-order valence-electron chi connectivity index (χ2n) is 8.32. The zero-order chi connectivity index (χ0) is 24.5. The fraction of sp³-hybridized carbons (Fsp3) is 0.296. The maximum Gasteiger partial charge on any atom is 0.326 e. The highest BCUT2D eigenvalue weighted by Crippen LogP contribution is 2.20. The number of carbonyl (C=O) groups excluding carboxylic acids is 2. The van der Waals surface area contributed by atoms with E-state index in [1.807, 2.05) is 68.4 Å². The molecule has 3 N–H and O–H groups in total. The van der Waals surface area contributed by atoms with Gasteiger partial charge in [0.2, 0.25) is 5.91 Å². The van der Waals surface area contributed by atoms with Crippen molar-refractivity contribution in [2.45, 2.75) is 38.8 Å². The molecule has 0 aliphatic rings. The SMILES string of the molecule is CC[C@H](C)[C@H](NC(=O)COc1ccc2ccccc2c1)C(=O)N[C@@H](Cc1ccccc1)C(=O)O. The highest BCUT2D eigenvalue weighted by molar-refractivity contribution is 5.91. The summed E-state index contributed by atoms with van der Waals surface area (Å²) in [6.45, 7) is 3.48. The van der Waals surface area contributed by atoms with Crippen LogP contribution in [0.1, 0.15) is 25.8 Å². The Labute approximate surface area is 199 Å². The average molecular weight is 463 g/mol. The van der Waals surface area contributed by atoms with Gasteiger partial charge < -0.3 is 20.5 Å². The van der Waals surface area contributed by atoms with Crippen molar-refractivity contribution in [1.29, 1.82) is 0 Å². The van der Waals surface area contributed by atoms with Crippen LogP contribution < -0.4 is 15.4 Å². The monoisotopic (exact) mass is 462 g/mol. The van der Waals surface area contributed by atoms with Gasteiger partial charge in [-0.1, -0.05) is 80.9 Å². The molecule has 0 radical (unpaired) electrons. The number of nitrogens with one attached hydrogen (secondary N) is 2. The van der Waals surface area contributed by atoms with Gasteiger partial charge in [0, 0.05) is 6.42 Å². The van der Waals surface area contributed by atoms with Crippen LogP contribution in [0.3, 0.4) is 0 Å². The van der Waals surface area contributed by atoms with Crippen LogP contribution in [0.4, 0.5) is 0 Å². The van der Waals surface area contributed by atoms with Gasteiger partial charge in [0.25, 0.3) is 5.91 Å². The smallest absolute Gasteiger partial charge is 0.326 e. The number of hydrogen-bond donors (Lipinski definition) is 3. The summed E-state index contributed by atoms with van der Waals surface area (Å²) < 4.78 is 5.63. The van der Waals surface area contributed by atoms with Crippen LogP contribution >= 0.6 is 0 Å². The van der Waals surface area contributed by atoms with E-state index in [-0.39, 0.29) is 18.9 Å². The molecule has 2 amide bonds. The summed E-state index contributed by atoms with van der Waals surface area (Å²) in [6, 6.07) is 20.5. The van der Waals surface area contributed by atoms with Gasteiger partial charge in [0.05, 0.1) is 0 Å². The fourth-order valence-corrected chi connectivity index (χ4v) is 3.63. The first-order valence-corrected chi connectivity index (χ1v) is 11.4. The lowest BCUT2D eigenvalue weighted by molar-refractivity contribution is -0.142. The molecular formula is C27H30N2O5. The lowest BCUT2D eigenvalue weighted by Gasteiger charge is -2.25. The molecule has 34 heavy (non-hydrogen) atoms. The molecule has 0 heterocycles. The van der Waals surface area contributed by atoms with Crippen LogP contribution in [0, 0.1) is 5.92 Å². The first-order chi connectivity index (χ1) is 16.4. The van der Waals surface area contributed by atoms with E-state index in [4.69, 9.17) is 4.74 Å². The predicted octanol–water partition coefficient (Wildman–Crippen LogP) is 3.56. The molecule has 0 fully saturated rings. The second-order valence-corrected chi connectivity index (χ2v) is 8.32. The largest absolute Gasteiger partial charge is 0.484 e. The molecule has 3 aromatic rings. The Hall–Kier alpha value is -3.87. The van der Waals surface area contributed by atoms with Gasteiger partial charge in [-0.05, 0) is 34.4 Å². The molecule has 0 bridgehead atoms. The number of benzene rings is 3. The Kier molecular flexibility index (Phi) is 8.62. The minimum Gasteiger partial charge on any atom is -0.484 e. The highest BCUT2D eigenvalue weighted by atomic mass is 16.5. The third kappa shape index (κ3) is 6.81. The molecule has 0 saturated heterocycles. The van der Waals surface area contributed by atoms with E-state index in [0.717, 1.165) is 16.3 Å². The summed E-state index contributed by atoms with van der Waals surface area (Å²) in [6.07, 6.45) is 0.772. The summed E-state index contributed by atoms with van der Waals surface area (Å²) in [5, 5.41) is 17.0. The van der Waals surface area contributed by atoms with Crippen LogP contribution in [0.2, 0.25) is 0 Å². The van der Waals surface area contributed by atoms with Crippen molar-refractivity contribution in [3.05, 3.63) is 78.4 Å². The lowest BCUT2D eigenvalue weighted by atomic mass is 9.97. The molecule has 0 unspecified atom stereocenters. The Morgan fingerprint density at radius 1 is 0.912 bits per heavy atom. The Morgan fingerprint density at radius 3 is 2.26 bits per heavy atom. The van der Waals surface area contributed by atoms with Crippen molar-refractivity contribution in [1.82, 2.24) is 10.6 Å². The van der Waals surface area contributed by atoms with Gasteiger partial charge in [0.15, 0.2) is 6.61 Å². The van der Waals surface area contributed by atoms with E-state index in [1.54, 1.807) is 18.2 Å². The molecule has 0 aliphatic heterocycles. The third-order valence-corrected chi connectivity index (χ3v) is 5.80. The number of hydrogen-bond acceptors (Lipinski definition) is 4. The number of aliphatic carboxylic acids is 1. The molecule has 0 spiro atoms. The molecule has 7 heteroatoms.